The summed E-state index contributed by atoms with van der Waals surface area (Å²) in [6.45, 7) is 12.8. The van der Waals surface area contributed by atoms with Gasteiger partial charge in [-0.15, -0.1) is 0 Å². The zero-order valence-electron chi connectivity index (χ0n) is 16.3. The van der Waals surface area contributed by atoms with Gasteiger partial charge in [-0.05, 0) is 31.9 Å². The summed E-state index contributed by atoms with van der Waals surface area (Å²) in [6.07, 6.45) is 4.37. The summed E-state index contributed by atoms with van der Waals surface area (Å²) in [4.78, 5) is 18.7. The molecule has 0 saturated carbocycles. The van der Waals surface area contributed by atoms with Gasteiger partial charge in [0.15, 0.2) is 5.96 Å². The second-order valence-electron chi connectivity index (χ2n) is 7.28. The number of hydrogen-bond acceptors (Lipinski definition) is 3. The normalized spacial score (nSPS) is 16.0. The summed E-state index contributed by atoms with van der Waals surface area (Å²) in [5.41, 5.74) is 1.02. The van der Waals surface area contributed by atoms with E-state index in [1.54, 1.807) is 6.26 Å². The van der Waals surface area contributed by atoms with Crippen molar-refractivity contribution in [2.75, 3.05) is 26.2 Å². The fourth-order valence-corrected chi connectivity index (χ4v) is 2.93. The Morgan fingerprint density at radius 2 is 2.15 bits per heavy atom. The quantitative estimate of drug-likeness (QED) is 0.445. The third-order valence-electron chi connectivity index (χ3n) is 4.39. The number of carbonyl (C=O) groups excluding carboxylic acids is 1. The Labute approximate surface area is 156 Å². The average Bonchev–Trinajstić information content (AvgIpc) is 3.12. The third kappa shape index (κ3) is 6.58. The van der Waals surface area contributed by atoms with E-state index in [0.29, 0.717) is 12.6 Å². The van der Waals surface area contributed by atoms with Gasteiger partial charge >= 0.3 is 0 Å². The van der Waals surface area contributed by atoms with Crippen molar-refractivity contribution in [1.29, 1.82) is 0 Å². The van der Waals surface area contributed by atoms with Crippen LogP contribution < -0.4 is 10.6 Å². The van der Waals surface area contributed by atoms with Crippen LogP contribution in [0, 0.1) is 5.92 Å². The third-order valence-corrected chi connectivity index (χ3v) is 4.39. The van der Waals surface area contributed by atoms with Gasteiger partial charge < -0.3 is 20.0 Å². The predicted molar refractivity (Wildman–Crippen MR) is 105 cm³/mol. The SMILES string of the molecule is C=C(C)CN=C(NCCc1ccco1)NC1CCN(C(=O)C(C)C)CC1. The first-order valence-corrected chi connectivity index (χ1v) is 9.46. The number of carbonyl (C=O) groups is 1. The van der Waals surface area contributed by atoms with Gasteiger partial charge in [0.1, 0.15) is 5.76 Å². The summed E-state index contributed by atoms with van der Waals surface area (Å²) >= 11 is 0. The summed E-state index contributed by atoms with van der Waals surface area (Å²) < 4.78 is 5.37. The number of amides is 1. The van der Waals surface area contributed by atoms with E-state index in [2.05, 4.69) is 22.2 Å². The van der Waals surface area contributed by atoms with Crippen molar-refractivity contribution in [1.82, 2.24) is 15.5 Å². The predicted octanol–water partition coefficient (Wildman–Crippen LogP) is 2.58. The van der Waals surface area contributed by atoms with Crippen LogP contribution in [0.4, 0.5) is 0 Å². The Bertz CT molecular complexity index is 599. The molecule has 0 radical (unpaired) electrons. The van der Waals surface area contributed by atoms with Crippen LogP contribution in [0.1, 0.15) is 39.4 Å². The van der Waals surface area contributed by atoms with E-state index in [1.807, 2.05) is 37.8 Å². The summed E-state index contributed by atoms with van der Waals surface area (Å²) in [6, 6.07) is 4.20. The van der Waals surface area contributed by atoms with Gasteiger partial charge in [0.2, 0.25) is 5.91 Å². The Morgan fingerprint density at radius 3 is 2.73 bits per heavy atom. The van der Waals surface area contributed by atoms with Gasteiger partial charge in [0, 0.05) is 38.0 Å². The first-order valence-electron chi connectivity index (χ1n) is 9.46. The topological polar surface area (TPSA) is 69.9 Å². The number of likely N-dealkylation sites (tertiary alicyclic amines) is 1. The minimum atomic E-state index is 0.0652. The van der Waals surface area contributed by atoms with Crippen LogP contribution in [0.3, 0.4) is 0 Å². The number of hydrogen-bond donors (Lipinski definition) is 2. The van der Waals surface area contributed by atoms with Gasteiger partial charge in [-0.3, -0.25) is 4.79 Å². The monoisotopic (exact) mass is 360 g/mol. The number of guanidine groups is 1. The summed E-state index contributed by atoms with van der Waals surface area (Å²) in [5, 5.41) is 6.88. The molecule has 0 spiro atoms. The minimum Gasteiger partial charge on any atom is -0.469 e. The van der Waals surface area contributed by atoms with Crippen molar-refractivity contribution in [3.8, 4) is 0 Å². The van der Waals surface area contributed by atoms with Crippen LogP contribution >= 0.6 is 0 Å². The van der Waals surface area contributed by atoms with E-state index >= 15 is 0 Å². The van der Waals surface area contributed by atoms with E-state index < -0.39 is 0 Å². The highest BCUT2D eigenvalue weighted by molar-refractivity contribution is 5.80. The molecule has 6 heteroatoms. The molecule has 1 aliphatic rings. The van der Waals surface area contributed by atoms with Crippen LogP contribution in [0.15, 0.2) is 40.0 Å². The van der Waals surface area contributed by atoms with Crippen molar-refractivity contribution in [2.24, 2.45) is 10.9 Å². The Balaban J connectivity index is 1.83. The Morgan fingerprint density at radius 1 is 1.42 bits per heavy atom. The van der Waals surface area contributed by atoms with Gasteiger partial charge in [-0.1, -0.05) is 26.0 Å². The molecule has 2 heterocycles. The molecular formula is C20H32N4O2. The van der Waals surface area contributed by atoms with Crippen molar-refractivity contribution in [2.45, 2.75) is 46.1 Å². The van der Waals surface area contributed by atoms with Crippen molar-refractivity contribution < 1.29 is 9.21 Å². The second kappa shape index (κ2) is 10.0. The minimum absolute atomic E-state index is 0.0652. The van der Waals surface area contributed by atoms with E-state index in [0.717, 1.165) is 56.2 Å². The van der Waals surface area contributed by atoms with E-state index in [9.17, 15) is 4.79 Å². The molecule has 0 unspecified atom stereocenters. The molecule has 1 amide bonds. The second-order valence-corrected chi connectivity index (χ2v) is 7.28. The van der Waals surface area contributed by atoms with Crippen LogP contribution in [0.5, 0.6) is 0 Å². The van der Waals surface area contributed by atoms with E-state index in [-0.39, 0.29) is 11.8 Å². The maximum Gasteiger partial charge on any atom is 0.225 e. The van der Waals surface area contributed by atoms with Crippen LogP contribution in [-0.4, -0.2) is 49.0 Å². The number of rotatable bonds is 7. The molecule has 144 valence electrons. The highest BCUT2D eigenvalue weighted by atomic mass is 16.3. The Kier molecular flexibility index (Phi) is 7.75. The molecule has 2 rings (SSSR count). The first kappa shape index (κ1) is 20.1. The van der Waals surface area contributed by atoms with E-state index in [4.69, 9.17) is 4.42 Å². The zero-order chi connectivity index (χ0) is 18.9. The number of furan rings is 1. The lowest BCUT2D eigenvalue weighted by Crippen LogP contribution is -2.50. The smallest absolute Gasteiger partial charge is 0.225 e. The summed E-state index contributed by atoms with van der Waals surface area (Å²) in [5.74, 6) is 2.07. The lowest BCUT2D eigenvalue weighted by molar-refractivity contribution is -0.135. The molecule has 0 bridgehead atoms. The van der Waals surface area contributed by atoms with Crippen LogP contribution in [0.2, 0.25) is 0 Å². The molecule has 1 aromatic rings. The maximum absolute atomic E-state index is 12.1. The van der Waals surface area contributed by atoms with Gasteiger partial charge in [-0.2, -0.15) is 0 Å². The zero-order valence-corrected chi connectivity index (χ0v) is 16.3. The van der Waals surface area contributed by atoms with Gasteiger partial charge in [-0.25, -0.2) is 4.99 Å². The fraction of sp³-hybridized carbons (Fsp3) is 0.600. The molecule has 26 heavy (non-hydrogen) atoms. The number of nitrogens with one attached hydrogen (secondary N) is 2. The number of nitrogens with zero attached hydrogens (tertiary/aromatic N) is 2. The fourth-order valence-electron chi connectivity index (χ4n) is 2.93. The molecule has 1 fully saturated rings. The highest BCUT2D eigenvalue weighted by Gasteiger charge is 2.24. The molecule has 2 N–H and O–H groups in total. The van der Waals surface area contributed by atoms with Crippen molar-refractivity contribution in [3.05, 3.63) is 36.3 Å². The van der Waals surface area contributed by atoms with Crippen molar-refractivity contribution >= 4 is 11.9 Å². The molecule has 1 saturated heterocycles. The molecule has 0 atom stereocenters. The molecule has 6 nitrogen and oxygen atoms in total. The maximum atomic E-state index is 12.1. The molecule has 1 aromatic heterocycles. The van der Waals surface area contributed by atoms with Gasteiger partial charge in [0.25, 0.3) is 0 Å². The number of aliphatic imine (C=N–C) groups is 1. The summed E-state index contributed by atoms with van der Waals surface area (Å²) in [7, 11) is 0. The lowest BCUT2D eigenvalue weighted by Gasteiger charge is -2.34. The molecular weight excluding hydrogens is 328 g/mol. The Hall–Kier alpha value is -2.24. The van der Waals surface area contributed by atoms with Crippen molar-refractivity contribution in [3.63, 3.8) is 0 Å². The van der Waals surface area contributed by atoms with Crippen LogP contribution in [0.25, 0.3) is 0 Å². The van der Waals surface area contributed by atoms with Crippen LogP contribution in [-0.2, 0) is 11.2 Å². The first-order chi connectivity index (χ1) is 12.5. The highest BCUT2D eigenvalue weighted by Crippen LogP contribution is 2.13. The van der Waals surface area contributed by atoms with E-state index in [1.165, 1.54) is 0 Å². The van der Waals surface area contributed by atoms with Gasteiger partial charge in [0.05, 0.1) is 12.8 Å². The largest absolute Gasteiger partial charge is 0.469 e. The average molecular weight is 361 g/mol. The number of piperidine rings is 1. The standard InChI is InChI=1S/C20H32N4O2/c1-15(2)14-22-20(21-10-7-18-6-5-13-26-18)23-17-8-11-24(12-9-17)19(25)16(3)4/h5-6,13,16-17H,1,7-12,14H2,2-4H3,(H2,21,22,23). The molecule has 0 aliphatic carbocycles. The molecule has 1 aliphatic heterocycles. The molecule has 0 aromatic carbocycles. The lowest BCUT2D eigenvalue weighted by atomic mass is 10.0.